The Kier molecular flexibility index (Phi) is 5.68. The van der Waals surface area contributed by atoms with Crippen LogP contribution in [0.25, 0.3) is 0 Å². The zero-order chi connectivity index (χ0) is 19.2. The Bertz CT molecular complexity index is 955. The number of nitro groups is 1. The van der Waals surface area contributed by atoms with E-state index in [1.165, 1.54) is 24.3 Å². The van der Waals surface area contributed by atoms with Crippen LogP contribution in [0, 0.1) is 10.1 Å². The van der Waals surface area contributed by atoms with Crippen LogP contribution in [0.2, 0.25) is 5.02 Å². The molecule has 3 aromatic carbocycles. The maximum atomic E-state index is 12.0. The van der Waals surface area contributed by atoms with E-state index in [4.69, 9.17) is 21.1 Å². The predicted molar refractivity (Wildman–Crippen MR) is 100 cm³/mol. The summed E-state index contributed by atoms with van der Waals surface area (Å²) in [6, 6.07) is 19.5. The van der Waals surface area contributed by atoms with Crippen LogP contribution < -0.4 is 4.74 Å². The summed E-state index contributed by atoms with van der Waals surface area (Å²) in [5.41, 5.74) is 1.10. The number of hydrogen-bond acceptors (Lipinski definition) is 5. The van der Waals surface area contributed by atoms with E-state index in [-0.39, 0.29) is 12.3 Å². The summed E-state index contributed by atoms with van der Waals surface area (Å²) in [7, 11) is 0. The van der Waals surface area contributed by atoms with Crippen LogP contribution in [0.4, 0.5) is 5.69 Å². The van der Waals surface area contributed by atoms with Crippen molar-refractivity contribution >= 4 is 23.3 Å². The number of benzene rings is 3. The van der Waals surface area contributed by atoms with Gasteiger partial charge in [-0.3, -0.25) is 10.1 Å². The molecule has 0 aliphatic carbocycles. The molecule has 3 rings (SSSR count). The lowest BCUT2D eigenvalue weighted by molar-refractivity contribution is -0.384. The molecule has 0 saturated heterocycles. The molecular formula is C20H14ClNO5. The first kappa shape index (κ1) is 18.4. The summed E-state index contributed by atoms with van der Waals surface area (Å²) in [5, 5.41) is 11.0. The molecule has 6 nitrogen and oxygen atoms in total. The van der Waals surface area contributed by atoms with Crippen molar-refractivity contribution in [3.05, 3.63) is 99.1 Å². The quantitative estimate of drug-likeness (QED) is 0.323. The molecule has 0 amide bonds. The lowest BCUT2D eigenvalue weighted by atomic mass is 10.2. The molecule has 0 aliphatic rings. The van der Waals surface area contributed by atoms with Crippen molar-refractivity contribution in [2.24, 2.45) is 0 Å². The fraction of sp³-hybridized carbons (Fsp3) is 0.0500. The summed E-state index contributed by atoms with van der Waals surface area (Å²) < 4.78 is 10.9. The number of ether oxygens (including phenoxy) is 2. The van der Waals surface area contributed by atoms with E-state index in [0.717, 1.165) is 5.56 Å². The van der Waals surface area contributed by atoms with E-state index < -0.39 is 10.9 Å². The lowest BCUT2D eigenvalue weighted by Gasteiger charge is -2.08. The van der Waals surface area contributed by atoms with E-state index in [1.54, 1.807) is 48.5 Å². The van der Waals surface area contributed by atoms with Crippen LogP contribution in [-0.4, -0.2) is 10.9 Å². The maximum Gasteiger partial charge on any atom is 0.339 e. The van der Waals surface area contributed by atoms with Crippen molar-refractivity contribution in [2.75, 3.05) is 0 Å². The van der Waals surface area contributed by atoms with Gasteiger partial charge in [-0.2, -0.15) is 0 Å². The first-order chi connectivity index (χ1) is 13.0. The van der Waals surface area contributed by atoms with Gasteiger partial charge in [-0.1, -0.05) is 35.9 Å². The highest BCUT2D eigenvalue weighted by Crippen LogP contribution is 2.24. The van der Waals surface area contributed by atoms with E-state index >= 15 is 0 Å². The van der Waals surface area contributed by atoms with Crippen LogP contribution in [0.3, 0.4) is 0 Å². The average molecular weight is 384 g/mol. The summed E-state index contributed by atoms with van der Waals surface area (Å²) >= 11 is 5.97. The van der Waals surface area contributed by atoms with E-state index in [0.29, 0.717) is 22.1 Å². The van der Waals surface area contributed by atoms with Gasteiger partial charge in [-0.25, -0.2) is 4.79 Å². The van der Waals surface area contributed by atoms with Crippen LogP contribution in [0.1, 0.15) is 15.9 Å². The number of carbonyl (C=O) groups is 1. The van der Waals surface area contributed by atoms with Crippen molar-refractivity contribution in [2.45, 2.75) is 6.61 Å². The molecule has 0 N–H and O–H groups in total. The van der Waals surface area contributed by atoms with Gasteiger partial charge in [0.15, 0.2) is 0 Å². The highest BCUT2D eigenvalue weighted by molar-refractivity contribution is 6.33. The van der Waals surface area contributed by atoms with Crippen molar-refractivity contribution in [3.63, 3.8) is 0 Å². The largest absolute Gasteiger partial charge is 0.457 e. The van der Waals surface area contributed by atoms with Gasteiger partial charge in [0.2, 0.25) is 0 Å². The molecule has 0 unspecified atom stereocenters. The van der Waals surface area contributed by atoms with Gasteiger partial charge in [0.1, 0.15) is 18.1 Å². The molecule has 0 aromatic heterocycles. The van der Waals surface area contributed by atoms with Gasteiger partial charge in [0.05, 0.1) is 15.5 Å². The van der Waals surface area contributed by atoms with Gasteiger partial charge in [-0.05, 0) is 42.0 Å². The van der Waals surface area contributed by atoms with Gasteiger partial charge in [0.25, 0.3) is 5.69 Å². The first-order valence-corrected chi connectivity index (χ1v) is 8.33. The highest BCUT2D eigenvalue weighted by Gasteiger charge is 2.11. The van der Waals surface area contributed by atoms with Crippen molar-refractivity contribution < 1.29 is 19.2 Å². The second-order valence-corrected chi connectivity index (χ2v) is 5.96. The summed E-state index contributed by atoms with van der Waals surface area (Å²) in [6.07, 6.45) is 0. The highest BCUT2D eigenvalue weighted by atomic mass is 35.5. The Balaban J connectivity index is 1.58. The zero-order valence-corrected chi connectivity index (χ0v) is 14.8. The average Bonchev–Trinajstić information content (AvgIpc) is 2.68. The SMILES string of the molecule is O=C(OCc1ccc(Oc2ccc([N+](=O)[O-])cc2)cc1)c1ccccc1Cl. The van der Waals surface area contributed by atoms with E-state index in [1.807, 2.05) is 0 Å². The first-order valence-electron chi connectivity index (χ1n) is 7.96. The number of non-ortho nitro benzene ring substituents is 1. The number of nitrogens with zero attached hydrogens (tertiary/aromatic N) is 1. The third kappa shape index (κ3) is 4.83. The van der Waals surface area contributed by atoms with Gasteiger partial charge in [-0.15, -0.1) is 0 Å². The summed E-state index contributed by atoms with van der Waals surface area (Å²) in [4.78, 5) is 22.2. The Morgan fingerprint density at radius 3 is 2.11 bits per heavy atom. The topological polar surface area (TPSA) is 78.7 Å². The molecule has 0 spiro atoms. The van der Waals surface area contributed by atoms with Crippen LogP contribution >= 0.6 is 11.6 Å². The zero-order valence-electron chi connectivity index (χ0n) is 14.0. The fourth-order valence-corrected chi connectivity index (χ4v) is 2.49. The smallest absolute Gasteiger partial charge is 0.339 e. The second-order valence-electron chi connectivity index (χ2n) is 5.55. The monoisotopic (exact) mass is 383 g/mol. The normalized spacial score (nSPS) is 10.3. The molecule has 0 radical (unpaired) electrons. The lowest BCUT2D eigenvalue weighted by Crippen LogP contribution is -2.05. The Morgan fingerprint density at radius 2 is 1.52 bits per heavy atom. The van der Waals surface area contributed by atoms with Crippen LogP contribution in [0.15, 0.2) is 72.8 Å². The molecule has 0 fully saturated rings. The molecule has 0 bridgehead atoms. The predicted octanol–water partition coefficient (Wildman–Crippen LogP) is 5.40. The second kappa shape index (κ2) is 8.33. The Morgan fingerprint density at radius 1 is 0.926 bits per heavy atom. The molecule has 7 heteroatoms. The molecule has 136 valence electrons. The molecule has 3 aromatic rings. The van der Waals surface area contributed by atoms with Crippen molar-refractivity contribution in [1.29, 1.82) is 0 Å². The van der Waals surface area contributed by atoms with Crippen LogP contribution in [0.5, 0.6) is 11.5 Å². The third-order valence-corrected chi connectivity index (χ3v) is 4.00. The molecule has 0 heterocycles. The number of esters is 1. The van der Waals surface area contributed by atoms with Gasteiger partial charge in [0, 0.05) is 12.1 Å². The molecule has 0 aliphatic heterocycles. The number of halogens is 1. The Labute approximate surface area is 160 Å². The number of hydrogen-bond donors (Lipinski definition) is 0. The minimum absolute atomic E-state index is 0.00182. The van der Waals surface area contributed by atoms with Gasteiger partial charge < -0.3 is 9.47 Å². The minimum Gasteiger partial charge on any atom is -0.457 e. The number of nitro benzene ring substituents is 1. The maximum absolute atomic E-state index is 12.0. The van der Waals surface area contributed by atoms with Crippen molar-refractivity contribution in [3.8, 4) is 11.5 Å². The molecular weight excluding hydrogens is 370 g/mol. The standard InChI is InChI=1S/C20H14ClNO5/c21-19-4-2-1-3-18(19)20(23)26-13-14-5-9-16(10-6-14)27-17-11-7-15(8-12-17)22(24)25/h1-12H,13H2. The minimum atomic E-state index is -0.494. The van der Waals surface area contributed by atoms with Crippen molar-refractivity contribution in [1.82, 2.24) is 0 Å². The van der Waals surface area contributed by atoms with E-state index in [2.05, 4.69) is 0 Å². The van der Waals surface area contributed by atoms with Crippen LogP contribution in [-0.2, 0) is 11.3 Å². The number of carbonyl (C=O) groups excluding carboxylic acids is 1. The molecule has 27 heavy (non-hydrogen) atoms. The molecule has 0 saturated carbocycles. The third-order valence-electron chi connectivity index (χ3n) is 3.67. The Hall–Kier alpha value is -3.38. The number of rotatable bonds is 6. The molecule has 0 atom stereocenters. The summed E-state index contributed by atoms with van der Waals surface area (Å²) in [5.74, 6) is 0.551. The van der Waals surface area contributed by atoms with E-state index in [9.17, 15) is 14.9 Å². The fourth-order valence-electron chi connectivity index (χ4n) is 2.28. The summed E-state index contributed by atoms with van der Waals surface area (Å²) in [6.45, 7) is 0.0991. The van der Waals surface area contributed by atoms with Gasteiger partial charge >= 0.3 is 5.97 Å².